The number of thioether (sulfide) groups is 1. The van der Waals surface area contributed by atoms with Crippen molar-refractivity contribution in [3.63, 3.8) is 0 Å². The van der Waals surface area contributed by atoms with Crippen LogP contribution in [-0.2, 0) is 6.54 Å². The molecule has 0 aromatic carbocycles. The predicted octanol–water partition coefficient (Wildman–Crippen LogP) is 2.76. The third-order valence-corrected chi connectivity index (χ3v) is 4.54. The number of aromatic nitrogens is 1. The van der Waals surface area contributed by atoms with E-state index in [9.17, 15) is 0 Å². The second-order valence-corrected chi connectivity index (χ2v) is 5.69. The molecule has 1 aromatic rings. The van der Waals surface area contributed by atoms with Crippen LogP contribution in [0.4, 0.5) is 0 Å². The average Bonchev–Trinajstić information content (AvgIpc) is 2.76. The van der Waals surface area contributed by atoms with Crippen LogP contribution in [0.25, 0.3) is 0 Å². The van der Waals surface area contributed by atoms with Gasteiger partial charge in [-0.15, -0.1) is 0 Å². The van der Waals surface area contributed by atoms with E-state index in [0.717, 1.165) is 11.8 Å². The standard InChI is InChI=1S/C13H20N2S/c1-10-5-6-14-8-11(10)9-15-12-3-4-13(7-12)16-2/h5-6,8,12-13,15H,3-4,7,9H2,1-2H3. The molecule has 0 radical (unpaired) electrons. The van der Waals surface area contributed by atoms with Gasteiger partial charge >= 0.3 is 0 Å². The third-order valence-electron chi connectivity index (χ3n) is 3.45. The summed E-state index contributed by atoms with van der Waals surface area (Å²) >= 11 is 2.01. The van der Waals surface area contributed by atoms with E-state index in [2.05, 4.69) is 29.5 Å². The van der Waals surface area contributed by atoms with Crippen molar-refractivity contribution in [3.05, 3.63) is 29.6 Å². The molecule has 1 aliphatic rings. The zero-order valence-corrected chi connectivity index (χ0v) is 10.9. The lowest BCUT2D eigenvalue weighted by Gasteiger charge is -2.13. The van der Waals surface area contributed by atoms with Crippen LogP contribution < -0.4 is 5.32 Å². The molecule has 2 unspecified atom stereocenters. The highest BCUT2D eigenvalue weighted by Gasteiger charge is 2.23. The van der Waals surface area contributed by atoms with E-state index in [0.29, 0.717) is 6.04 Å². The Morgan fingerprint density at radius 2 is 2.38 bits per heavy atom. The van der Waals surface area contributed by atoms with Crippen molar-refractivity contribution < 1.29 is 0 Å². The van der Waals surface area contributed by atoms with Gasteiger partial charge in [-0.05, 0) is 49.6 Å². The van der Waals surface area contributed by atoms with Crippen molar-refractivity contribution in [2.45, 2.75) is 44.0 Å². The highest BCUT2D eigenvalue weighted by molar-refractivity contribution is 7.99. The van der Waals surface area contributed by atoms with Gasteiger partial charge in [0.1, 0.15) is 0 Å². The topological polar surface area (TPSA) is 24.9 Å². The number of hydrogen-bond donors (Lipinski definition) is 1. The van der Waals surface area contributed by atoms with Crippen LogP contribution in [0, 0.1) is 6.92 Å². The fourth-order valence-corrected chi connectivity index (χ4v) is 3.07. The van der Waals surface area contributed by atoms with Gasteiger partial charge in [0.15, 0.2) is 0 Å². The van der Waals surface area contributed by atoms with E-state index in [-0.39, 0.29) is 0 Å². The van der Waals surface area contributed by atoms with Crippen LogP contribution in [0.1, 0.15) is 30.4 Å². The zero-order valence-electron chi connectivity index (χ0n) is 10.1. The van der Waals surface area contributed by atoms with Gasteiger partial charge in [0, 0.05) is 30.2 Å². The molecule has 0 aliphatic heterocycles. The van der Waals surface area contributed by atoms with E-state index in [4.69, 9.17) is 0 Å². The zero-order chi connectivity index (χ0) is 11.4. The smallest absolute Gasteiger partial charge is 0.0315 e. The summed E-state index contributed by atoms with van der Waals surface area (Å²) in [4.78, 5) is 4.18. The molecule has 1 fully saturated rings. The Balaban J connectivity index is 1.82. The molecule has 1 aliphatic carbocycles. The molecule has 1 aromatic heterocycles. The quantitative estimate of drug-likeness (QED) is 0.870. The Labute approximate surface area is 102 Å². The number of nitrogens with one attached hydrogen (secondary N) is 1. The minimum absolute atomic E-state index is 0.706. The van der Waals surface area contributed by atoms with Crippen molar-refractivity contribution in [2.24, 2.45) is 0 Å². The van der Waals surface area contributed by atoms with E-state index >= 15 is 0 Å². The first-order valence-corrected chi connectivity index (χ1v) is 7.24. The van der Waals surface area contributed by atoms with Gasteiger partial charge < -0.3 is 5.32 Å². The molecule has 0 bridgehead atoms. The fraction of sp³-hybridized carbons (Fsp3) is 0.615. The van der Waals surface area contributed by atoms with E-state index in [1.54, 1.807) is 0 Å². The summed E-state index contributed by atoms with van der Waals surface area (Å²) in [5.41, 5.74) is 2.66. The summed E-state index contributed by atoms with van der Waals surface area (Å²) in [6, 6.07) is 2.79. The van der Waals surface area contributed by atoms with Crippen molar-refractivity contribution in [3.8, 4) is 0 Å². The van der Waals surface area contributed by atoms with Crippen LogP contribution in [0.5, 0.6) is 0 Å². The fourth-order valence-electron chi connectivity index (χ4n) is 2.28. The molecule has 2 rings (SSSR count). The van der Waals surface area contributed by atoms with Crippen LogP contribution in [0.3, 0.4) is 0 Å². The summed E-state index contributed by atoms with van der Waals surface area (Å²) in [7, 11) is 0. The molecule has 3 heteroatoms. The van der Waals surface area contributed by atoms with Crippen LogP contribution >= 0.6 is 11.8 Å². The van der Waals surface area contributed by atoms with Crippen molar-refractivity contribution in [1.29, 1.82) is 0 Å². The molecule has 2 atom stereocenters. The molecule has 88 valence electrons. The molecule has 16 heavy (non-hydrogen) atoms. The first-order chi connectivity index (χ1) is 7.79. The van der Waals surface area contributed by atoms with Gasteiger partial charge in [-0.3, -0.25) is 4.98 Å². The lowest BCUT2D eigenvalue weighted by atomic mass is 10.1. The van der Waals surface area contributed by atoms with E-state index in [1.807, 2.05) is 24.2 Å². The number of nitrogens with zero attached hydrogens (tertiary/aromatic N) is 1. The molecule has 0 saturated heterocycles. The summed E-state index contributed by atoms with van der Waals surface area (Å²) in [5, 5.41) is 4.52. The summed E-state index contributed by atoms with van der Waals surface area (Å²) in [5.74, 6) is 0. The maximum absolute atomic E-state index is 4.18. The monoisotopic (exact) mass is 236 g/mol. The molecular formula is C13H20N2S. The summed E-state index contributed by atoms with van der Waals surface area (Å²) in [6.07, 6.45) is 10.1. The Kier molecular flexibility index (Phi) is 4.24. The van der Waals surface area contributed by atoms with Crippen molar-refractivity contribution in [2.75, 3.05) is 6.26 Å². The Bertz CT molecular complexity index is 340. The molecular weight excluding hydrogens is 216 g/mol. The maximum Gasteiger partial charge on any atom is 0.0315 e. The molecule has 0 amide bonds. The van der Waals surface area contributed by atoms with Crippen LogP contribution in [0.2, 0.25) is 0 Å². The first kappa shape index (κ1) is 11.9. The van der Waals surface area contributed by atoms with Gasteiger partial charge in [0.25, 0.3) is 0 Å². The van der Waals surface area contributed by atoms with Crippen LogP contribution in [0.15, 0.2) is 18.5 Å². The second-order valence-electron chi connectivity index (χ2n) is 4.55. The number of pyridine rings is 1. The van der Waals surface area contributed by atoms with Crippen molar-refractivity contribution >= 4 is 11.8 Å². The van der Waals surface area contributed by atoms with Crippen LogP contribution in [-0.4, -0.2) is 22.5 Å². The largest absolute Gasteiger partial charge is 0.310 e. The Morgan fingerprint density at radius 1 is 1.50 bits per heavy atom. The third kappa shape index (κ3) is 2.98. The second kappa shape index (κ2) is 5.69. The van der Waals surface area contributed by atoms with Gasteiger partial charge in [-0.2, -0.15) is 11.8 Å². The SMILES string of the molecule is CSC1CCC(NCc2cnccc2C)C1. The molecule has 2 nitrogen and oxygen atoms in total. The molecule has 1 N–H and O–H groups in total. The minimum atomic E-state index is 0.706. The lowest BCUT2D eigenvalue weighted by molar-refractivity contribution is 0.523. The lowest BCUT2D eigenvalue weighted by Crippen LogP contribution is -2.26. The first-order valence-electron chi connectivity index (χ1n) is 5.95. The van der Waals surface area contributed by atoms with E-state index in [1.165, 1.54) is 30.4 Å². The normalized spacial score (nSPS) is 24.9. The van der Waals surface area contributed by atoms with Crippen molar-refractivity contribution in [1.82, 2.24) is 10.3 Å². The predicted molar refractivity (Wildman–Crippen MR) is 70.8 cm³/mol. The summed E-state index contributed by atoms with van der Waals surface area (Å²) < 4.78 is 0. The van der Waals surface area contributed by atoms with Gasteiger partial charge in [0.2, 0.25) is 0 Å². The van der Waals surface area contributed by atoms with Gasteiger partial charge in [-0.1, -0.05) is 0 Å². The Hall–Kier alpha value is -0.540. The maximum atomic E-state index is 4.18. The molecule has 1 saturated carbocycles. The average molecular weight is 236 g/mol. The summed E-state index contributed by atoms with van der Waals surface area (Å²) in [6.45, 7) is 3.11. The number of aryl methyl sites for hydroxylation is 1. The number of hydrogen-bond acceptors (Lipinski definition) is 3. The molecule has 1 heterocycles. The highest BCUT2D eigenvalue weighted by Crippen LogP contribution is 2.28. The Morgan fingerprint density at radius 3 is 3.06 bits per heavy atom. The van der Waals surface area contributed by atoms with Gasteiger partial charge in [-0.25, -0.2) is 0 Å². The minimum Gasteiger partial charge on any atom is -0.310 e. The number of rotatable bonds is 4. The molecule has 0 spiro atoms. The van der Waals surface area contributed by atoms with E-state index < -0.39 is 0 Å². The van der Waals surface area contributed by atoms with Gasteiger partial charge in [0.05, 0.1) is 0 Å². The highest BCUT2D eigenvalue weighted by atomic mass is 32.2.